The summed E-state index contributed by atoms with van der Waals surface area (Å²) in [7, 11) is 0. The van der Waals surface area contributed by atoms with Gasteiger partial charge < -0.3 is 10.4 Å². The molecule has 6 aromatic rings. The van der Waals surface area contributed by atoms with Crippen molar-refractivity contribution in [2.45, 2.75) is 0 Å². The Morgan fingerprint density at radius 3 is 2.58 bits per heavy atom. The number of benzene rings is 4. The number of phenols is 1. The summed E-state index contributed by atoms with van der Waals surface area (Å²) >= 11 is 1.40. The second-order valence-electron chi connectivity index (χ2n) is 8.23. The summed E-state index contributed by atoms with van der Waals surface area (Å²) in [6, 6.07) is 27.5. The summed E-state index contributed by atoms with van der Waals surface area (Å²) in [5, 5.41) is 38.2. The van der Waals surface area contributed by atoms with Gasteiger partial charge in [-0.3, -0.25) is 4.79 Å². The molecule has 10 heteroatoms. The molecule has 0 unspecified atom stereocenters. The van der Waals surface area contributed by atoms with E-state index in [-0.39, 0.29) is 28.4 Å². The molecule has 2 aromatic heterocycles. The molecule has 0 aliphatic carbocycles. The van der Waals surface area contributed by atoms with Gasteiger partial charge in [-0.1, -0.05) is 65.9 Å². The van der Waals surface area contributed by atoms with Crippen LogP contribution in [0.4, 0.5) is 17.2 Å². The van der Waals surface area contributed by atoms with Gasteiger partial charge in [0.15, 0.2) is 11.6 Å². The number of thiazole rings is 1. The van der Waals surface area contributed by atoms with Crippen LogP contribution in [0, 0.1) is 11.3 Å². The van der Waals surface area contributed by atoms with E-state index in [1.54, 1.807) is 42.5 Å². The van der Waals surface area contributed by atoms with Crippen LogP contribution in [0.1, 0.15) is 15.9 Å². The number of carbonyl (C=O) groups excluding carboxylic acids is 1. The number of nitrogens with one attached hydrogen (secondary N) is 1. The molecule has 2 heterocycles. The number of nitrogens with zero attached hydrogens (tertiary/aromatic N) is 6. The maximum Gasteiger partial charge on any atom is 0.260 e. The number of aromatic nitrogens is 3. The molecule has 0 fully saturated rings. The van der Waals surface area contributed by atoms with Crippen molar-refractivity contribution in [3.63, 3.8) is 0 Å². The lowest BCUT2D eigenvalue weighted by Gasteiger charge is -2.12. The Labute approximate surface area is 220 Å². The number of amides is 1. The highest BCUT2D eigenvalue weighted by molar-refractivity contribution is 7.20. The number of hydrogen-bond donors (Lipinski definition) is 2. The highest BCUT2D eigenvalue weighted by atomic mass is 32.1. The molecule has 38 heavy (non-hydrogen) atoms. The van der Waals surface area contributed by atoms with Gasteiger partial charge in [0.25, 0.3) is 5.91 Å². The van der Waals surface area contributed by atoms with Gasteiger partial charge in [0.05, 0.1) is 22.0 Å². The van der Waals surface area contributed by atoms with Crippen LogP contribution in [0.2, 0.25) is 0 Å². The number of aromatic hydroxyl groups is 1. The van der Waals surface area contributed by atoms with E-state index in [4.69, 9.17) is 0 Å². The van der Waals surface area contributed by atoms with Crippen molar-refractivity contribution in [2.24, 2.45) is 10.2 Å². The molecule has 4 aromatic carbocycles. The third-order valence-electron chi connectivity index (χ3n) is 5.84. The molecule has 0 atom stereocenters. The lowest BCUT2D eigenvalue weighted by atomic mass is 10.0. The average Bonchev–Trinajstić information content (AvgIpc) is 3.56. The summed E-state index contributed by atoms with van der Waals surface area (Å²) in [6.45, 7) is 0. The first kappa shape index (κ1) is 23.0. The third-order valence-corrected chi connectivity index (χ3v) is 6.85. The Morgan fingerprint density at radius 1 is 1.00 bits per heavy atom. The number of para-hydroxylation sites is 2. The molecule has 2 N–H and O–H groups in total. The predicted molar refractivity (Wildman–Crippen MR) is 146 cm³/mol. The van der Waals surface area contributed by atoms with Gasteiger partial charge in [-0.15, -0.1) is 10.2 Å². The first-order chi connectivity index (χ1) is 18.6. The maximum absolute atomic E-state index is 13.3. The van der Waals surface area contributed by atoms with Gasteiger partial charge in [-0.2, -0.15) is 15.0 Å². The minimum Gasteiger partial charge on any atom is -0.505 e. The Morgan fingerprint density at radius 2 is 1.76 bits per heavy atom. The SMILES string of the molecule is N#Cc1cnn(-c2nc3ccccc3s2)c1/N=N/c1cc2ccccc2c(C(=O)Nc2ccccc2)c1O. The Kier molecular flexibility index (Phi) is 5.80. The Bertz CT molecular complexity index is 1870. The lowest BCUT2D eigenvalue weighted by Crippen LogP contribution is -2.12. The van der Waals surface area contributed by atoms with Crippen LogP contribution >= 0.6 is 11.3 Å². The average molecular weight is 516 g/mol. The summed E-state index contributed by atoms with van der Waals surface area (Å²) < 4.78 is 2.40. The van der Waals surface area contributed by atoms with E-state index < -0.39 is 5.91 Å². The number of azo groups is 1. The fraction of sp³-hybridized carbons (Fsp3) is 0. The summed E-state index contributed by atoms with van der Waals surface area (Å²) in [5.74, 6) is -0.654. The van der Waals surface area contributed by atoms with Crippen LogP contribution in [0.5, 0.6) is 5.75 Å². The number of phenolic OH excluding ortho intramolecular Hbond substituents is 1. The minimum atomic E-state index is -0.487. The van der Waals surface area contributed by atoms with Crippen LogP contribution in [0.15, 0.2) is 101 Å². The number of carbonyl (C=O) groups is 1. The third kappa shape index (κ3) is 4.13. The van der Waals surface area contributed by atoms with Crippen LogP contribution in [0.3, 0.4) is 0 Å². The van der Waals surface area contributed by atoms with Crippen molar-refractivity contribution >= 4 is 55.4 Å². The van der Waals surface area contributed by atoms with E-state index >= 15 is 0 Å². The van der Waals surface area contributed by atoms with E-state index in [9.17, 15) is 15.2 Å². The lowest BCUT2D eigenvalue weighted by molar-refractivity contribution is 0.102. The van der Waals surface area contributed by atoms with Crippen molar-refractivity contribution in [1.29, 1.82) is 5.26 Å². The number of anilines is 1. The highest BCUT2D eigenvalue weighted by Gasteiger charge is 2.21. The van der Waals surface area contributed by atoms with Crippen LogP contribution < -0.4 is 5.32 Å². The summed E-state index contributed by atoms with van der Waals surface area (Å²) in [5.41, 5.74) is 1.72. The Balaban J connectivity index is 1.44. The molecule has 0 saturated carbocycles. The molecule has 6 rings (SSSR count). The summed E-state index contributed by atoms with van der Waals surface area (Å²) in [6.07, 6.45) is 1.39. The molecule has 182 valence electrons. The number of nitriles is 1. The zero-order chi connectivity index (χ0) is 26.1. The highest BCUT2D eigenvalue weighted by Crippen LogP contribution is 2.39. The number of fused-ring (bicyclic) bond motifs is 2. The zero-order valence-corrected chi connectivity index (χ0v) is 20.4. The molecular formula is C28H17N7O2S. The number of rotatable bonds is 5. The fourth-order valence-electron chi connectivity index (χ4n) is 4.05. The predicted octanol–water partition coefficient (Wildman–Crippen LogP) is 6.88. The quantitative estimate of drug-likeness (QED) is 0.242. The second-order valence-corrected chi connectivity index (χ2v) is 9.24. The van der Waals surface area contributed by atoms with Crippen LogP contribution in [-0.4, -0.2) is 25.8 Å². The monoisotopic (exact) mass is 515 g/mol. The minimum absolute atomic E-state index is 0.0705. The van der Waals surface area contributed by atoms with E-state index in [2.05, 4.69) is 31.7 Å². The molecule has 0 bridgehead atoms. The van der Waals surface area contributed by atoms with Gasteiger partial charge >= 0.3 is 0 Å². The van der Waals surface area contributed by atoms with Crippen LogP contribution in [-0.2, 0) is 0 Å². The van der Waals surface area contributed by atoms with Gasteiger partial charge in [0.2, 0.25) is 5.13 Å². The normalized spacial score (nSPS) is 11.2. The molecular weight excluding hydrogens is 498 g/mol. The van der Waals surface area contributed by atoms with E-state index in [0.717, 1.165) is 10.2 Å². The first-order valence-electron chi connectivity index (χ1n) is 11.5. The van der Waals surface area contributed by atoms with Gasteiger partial charge in [0, 0.05) is 5.69 Å². The molecule has 1 amide bonds. The maximum atomic E-state index is 13.3. The molecule has 0 aliphatic rings. The molecule has 0 aliphatic heterocycles. The molecule has 0 radical (unpaired) electrons. The topological polar surface area (TPSA) is 129 Å². The molecule has 0 saturated heterocycles. The van der Waals surface area contributed by atoms with Gasteiger partial charge in [0.1, 0.15) is 17.3 Å². The number of hydrogen-bond acceptors (Lipinski definition) is 8. The van der Waals surface area contributed by atoms with Crippen molar-refractivity contribution in [1.82, 2.24) is 14.8 Å². The molecule has 9 nitrogen and oxygen atoms in total. The Hall–Kier alpha value is -5.40. The van der Waals surface area contributed by atoms with Crippen LogP contribution in [0.25, 0.3) is 26.1 Å². The van der Waals surface area contributed by atoms with Gasteiger partial charge in [-0.25, -0.2) is 4.98 Å². The van der Waals surface area contributed by atoms with Gasteiger partial charge in [-0.05, 0) is 41.1 Å². The second kappa shape index (κ2) is 9.57. The van der Waals surface area contributed by atoms with Crippen molar-refractivity contribution < 1.29 is 9.90 Å². The fourth-order valence-corrected chi connectivity index (χ4v) is 4.98. The first-order valence-corrected chi connectivity index (χ1v) is 12.3. The van der Waals surface area contributed by atoms with Crippen molar-refractivity contribution in [3.8, 4) is 17.0 Å². The molecule has 0 spiro atoms. The smallest absolute Gasteiger partial charge is 0.260 e. The van der Waals surface area contributed by atoms with Crippen molar-refractivity contribution in [3.05, 3.63) is 102 Å². The largest absolute Gasteiger partial charge is 0.505 e. The zero-order valence-electron chi connectivity index (χ0n) is 19.6. The van der Waals surface area contributed by atoms with Crippen molar-refractivity contribution in [2.75, 3.05) is 5.32 Å². The summed E-state index contributed by atoms with van der Waals surface area (Å²) in [4.78, 5) is 17.8. The standard InChI is InChI=1S/C28H17N7O2S/c29-15-18-16-30-35(28-32-21-12-6-7-13-23(21)38-28)26(18)34-33-22-14-17-8-4-5-11-20(17)24(25(22)36)27(37)31-19-9-2-1-3-10-19/h1-14,16,36H,(H,31,37)/b34-33+. The van der Waals surface area contributed by atoms with E-state index in [1.807, 2.05) is 42.5 Å². The van der Waals surface area contributed by atoms with E-state index in [1.165, 1.54) is 22.2 Å². The van der Waals surface area contributed by atoms with E-state index in [0.29, 0.717) is 21.6 Å².